The van der Waals surface area contributed by atoms with Crippen molar-refractivity contribution in [2.75, 3.05) is 13.2 Å². The molecule has 0 saturated heterocycles. The minimum Gasteiger partial charge on any atom is -0.377 e. The molecule has 1 fully saturated rings. The lowest BCUT2D eigenvalue weighted by Gasteiger charge is -2.11. The second kappa shape index (κ2) is 6.72. The normalized spacial score (nSPS) is 16.5. The fourth-order valence-corrected chi connectivity index (χ4v) is 2.27. The summed E-state index contributed by atoms with van der Waals surface area (Å²) < 4.78 is 5.78. The van der Waals surface area contributed by atoms with Gasteiger partial charge in [-0.05, 0) is 31.9 Å². The van der Waals surface area contributed by atoms with Gasteiger partial charge in [0.05, 0.1) is 18.4 Å². The number of aryl methyl sites for hydroxylation is 1. The molecule has 0 spiro atoms. The summed E-state index contributed by atoms with van der Waals surface area (Å²) in [5.41, 5.74) is 2.18. The van der Waals surface area contributed by atoms with E-state index >= 15 is 0 Å². The standard InChI is InChI=1S/C14H22N2O/c1-12-5-4-6-13(16-12)11-15-9-10-17-14-7-2-3-8-14/h4-6,14-15H,2-3,7-11H2,1H3. The van der Waals surface area contributed by atoms with Crippen molar-refractivity contribution in [3.8, 4) is 0 Å². The van der Waals surface area contributed by atoms with Crippen LogP contribution in [0.2, 0.25) is 0 Å². The molecule has 0 amide bonds. The third-order valence-electron chi connectivity index (χ3n) is 3.19. The molecular formula is C14H22N2O. The largest absolute Gasteiger partial charge is 0.377 e. The number of rotatable bonds is 6. The molecule has 2 rings (SSSR count). The van der Waals surface area contributed by atoms with E-state index in [1.807, 2.05) is 19.1 Å². The molecule has 1 saturated carbocycles. The zero-order valence-electron chi connectivity index (χ0n) is 10.6. The van der Waals surface area contributed by atoms with Crippen molar-refractivity contribution >= 4 is 0 Å². The van der Waals surface area contributed by atoms with E-state index in [-0.39, 0.29) is 0 Å². The van der Waals surface area contributed by atoms with Gasteiger partial charge >= 0.3 is 0 Å². The average molecular weight is 234 g/mol. The Labute approximate surface area is 104 Å². The van der Waals surface area contributed by atoms with Crippen molar-refractivity contribution < 1.29 is 4.74 Å². The van der Waals surface area contributed by atoms with Crippen LogP contribution in [0, 0.1) is 6.92 Å². The van der Waals surface area contributed by atoms with Crippen LogP contribution in [-0.2, 0) is 11.3 Å². The summed E-state index contributed by atoms with van der Waals surface area (Å²) in [7, 11) is 0. The molecule has 0 atom stereocenters. The molecule has 3 nitrogen and oxygen atoms in total. The maximum absolute atomic E-state index is 5.78. The van der Waals surface area contributed by atoms with E-state index in [9.17, 15) is 0 Å². The molecule has 0 aromatic carbocycles. The van der Waals surface area contributed by atoms with Crippen molar-refractivity contribution in [3.63, 3.8) is 0 Å². The summed E-state index contributed by atoms with van der Waals surface area (Å²) in [6, 6.07) is 6.12. The van der Waals surface area contributed by atoms with Crippen molar-refractivity contribution in [1.29, 1.82) is 0 Å². The fourth-order valence-electron chi connectivity index (χ4n) is 2.27. The second-order valence-electron chi connectivity index (χ2n) is 4.72. The highest BCUT2D eigenvalue weighted by Crippen LogP contribution is 2.20. The molecule has 1 aliphatic carbocycles. The van der Waals surface area contributed by atoms with Crippen LogP contribution in [0.4, 0.5) is 0 Å². The molecule has 0 radical (unpaired) electrons. The first-order valence-corrected chi connectivity index (χ1v) is 6.59. The van der Waals surface area contributed by atoms with Crippen LogP contribution in [0.1, 0.15) is 37.1 Å². The first-order valence-electron chi connectivity index (χ1n) is 6.59. The van der Waals surface area contributed by atoms with Gasteiger partial charge in [-0.3, -0.25) is 4.98 Å². The lowest BCUT2D eigenvalue weighted by molar-refractivity contribution is 0.0602. The molecule has 1 heterocycles. The molecule has 1 aromatic rings. The van der Waals surface area contributed by atoms with Crippen LogP contribution in [0.15, 0.2) is 18.2 Å². The van der Waals surface area contributed by atoms with Crippen LogP contribution in [-0.4, -0.2) is 24.2 Å². The van der Waals surface area contributed by atoms with Crippen LogP contribution in [0.5, 0.6) is 0 Å². The van der Waals surface area contributed by atoms with E-state index < -0.39 is 0 Å². The van der Waals surface area contributed by atoms with Crippen LogP contribution < -0.4 is 5.32 Å². The van der Waals surface area contributed by atoms with Gasteiger partial charge in [0.15, 0.2) is 0 Å². The van der Waals surface area contributed by atoms with Crippen LogP contribution in [0.25, 0.3) is 0 Å². The molecule has 1 aromatic heterocycles. The Morgan fingerprint density at radius 3 is 2.94 bits per heavy atom. The van der Waals surface area contributed by atoms with E-state index in [0.717, 1.165) is 31.1 Å². The summed E-state index contributed by atoms with van der Waals surface area (Å²) in [4.78, 5) is 4.44. The quantitative estimate of drug-likeness (QED) is 0.768. The van der Waals surface area contributed by atoms with E-state index in [0.29, 0.717) is 6.10 Å². The summed E-state index contributed by atoms with van der Waals surface area (Å²) >= 11 is 0. The Morgan fingerprint density at radius 2 is 2.18 bits per heavy atom. The number of aromatic nitrogens is 1. The number of hydrogen-bond acceptors (Lipinski definition) is 3. The van der Waals surface area contributed by atoms with Crippen molar-refractivity contribution in [1.82, 2.24) is 10.3 Å². The van der Waals surface area contributed by atoms with Crippen LogP contribution in [0.3, 0.4) is 0 Å². The molecule has 17 heavy (non-hydrogen) atoms. The van der Waals surface area contributed by atoms with Gasteiger partial charge in [0.2, 0.25) is 0 Å². The number of ether oxygens (including phenoxy) is 1. The van der Waals surface area contributed by atoms with E-state index in [2.05, 4.69) is 16.4 Å². The topological polar surface area (TPSA) is 34.1 Å². The Morgan fingerprint density at radius 1 is 1.35 bits per heavy atom. The summed E-state index contributed by atoms with van der Waals surface area (Å²) in [6.07, 6.45) is 5.70. The molecule has 1 aliphatic rings. The molecule has 0 unspecified atom stereocenters. The molecule has 0 bridgehead atoms. The van der Waals surface area contributed by atoms with Gasteiger partial charge in [0.25, 0.3) is 0 Å². The van der Waals surface area contributed by atoms with Gasteiger partial charge in [0, 0.05) is 18.8 Å². The van der Waals surface area contributed by atoms with Crippen molar-refractivity contribution in [2.45, 2.75) is 45.3 Å². The molecule has 0 aliphatic heterocycles. The van der Waals surface area contributed by atoms with E-state index in [1.54, 1.807) is 0 Å². The number of nitrogens with one attached hydrogen (secondary N) is 1. The zero-order chi connectivity index (χ0) is 11.9. The number of pyridine rings is 1. The fraction of sp³-hybridized carbons (Fsp3) is 0.643. The van der Waals surface area contributed by atoms with Gasteiger partial charge in [-0.1, -0.05) is 18.9 Å². The molecule has 3 heteroatoms. The predicted octanol–water partition coefficient (Wildman–Crippen LogP) is 2.44. The number of hydrogen-bond donors (Lipinski definition) is 1. The average Bonchev–Trinajstić information content (AvgIpc) is 2.82. The minimum absolute atomic E-state index is 0.522. The lowest BCUT2D eigenvalue weighted by atomic mass is 10.3. The third-order valence-corrected chi connectivity index (χ3v) is 3.19. The molecular weight excluding hydrogens is 212 g/mol. The highest BCUT2D eigenvalue weighted by atomic mass is 16.5. The SMILES string of the molecule is Cc1cccc(CNCCOC2CCCC2)n1. The van der Waals surface area contributed by atoms with E-state index in [1.165, 1.54) is 25.7 Å². The van der Waals surface area contributed by atoms with Gasteiger partial charge in [-0.15, -0.1) is 0 Å². The maximum atomic E-state index is 5.78. The maximum Gasteiger partial charge on any atom is 0.0594 e. The summed E-state index contributed by atoms with van der Waals surface area (Å²) in [5, 5.41) is 3.37. The van der Waals surface area contributed by atoms with Crippen molar-refractivity contribution in [3.05, 3.63) is 29.6 Å². The molecule has 94 valence electrons. The lowest BCUT2D eigenvalue weighted by Crippen LogP contribution is -2.22. The third kappa shape index (κ3) is 4.44. The smallest absolute Gasteiger partial charge is 0.0594 e. The highest BCUT2D eigenvalue weighted by molar-refractivity contribution is 5.09. The van der Waals surface area contributed by atoms with Gasteiger partial charge in [-0.25, -0.2) is 0 Å². The Kier molecular flexibility index (Phi) is 4.95. The summed E-state index contributed by atoms with van der Waals surface area (Å²) in [5.74, 6) is 0. The Hall–Kier alpha value is -0.930. The summed E-state index contributed by atoms with van der Waals surface area (Å²) in [6.45, 7) is 4.57. The van der Waals surface area contributed by atoms with Crippen LogP contribution >= 0.6 is 0 Å². The van der Waals surface area contributed by atoms with Gasteiger partial charge < -0.3 is 10.1 Å². The highest BCUT2D eigenvalue weighted by Gasteiger charge is 2.14. The molecule has 1 N–H and O–H groups in total. The predicted molar refractivity (Wildman–Crippen MR) is 68.9 cm³/mol. The van der Waals surface area contributed by atoms with E-state index in [4.69, 9.17) is 4.74 Å². The monoisotopic (exact) mass is 234 g/mol. The minimum atomic E-state index is 0.522. The first-order chi connectivity index (χ1) is 8.34. The zero-order valence-corrected chi connectivity index (χ0v) is 10.6. The Bertz CT molecular complexity index is 335. The second-order valence-corrected chi connectivity index (χ2v) is 4.72. The number of nitrogens with zero attached hydrogens (tertiary/aromatic N) is 1. The van der Waals surface area contributed by atoms with Gasteiger partial charge in [0.1, 0.15) is 0 Å². The van der Waals surface area contributed by atoms with Gasteiger partial charge in [-0.2, -0.15) is 0 Å². The Balaban J connectivity index is 1.56. The van der Waals surface area contributed by atoms with Crippen molar-refractivity contribution in [2.24, 2.45) is 0 Å². The first kappa shape index (κ1) is 12.5.